The number of carbonyl (C=O) groups is 1. The molecule has 1 amide bonds. The Morgan fingerprint density at radius 1 is 1.07 bits per heavy atom. The van der Waals surface area contributed by atoms with Crippen LogP contribution in [0.4, 0.5) is 5.69 Å². The number of amides is 1. The molecule has 0 bridgehead atoms. The molecule has 1 heterocycles. The summed E-state index contributed by atoms with van der Waals surface area (Å²) >= 11 is 6.00. The summed E-state index contributed by atoms with van der Waals surface area (Å²) in [5, 5.41) is 5.13. The van der Waals surface area contributed by atoms with Gasteiger partial charge in [-0.25, -0.2) is 4.68 Å². The molecule has 3 rings (SSSR count). The maximum atomic E-state index is 13.3. The Kier molecular flexibility index (Phi) is 6.13. The van der Waals surface area contributed by atoms with Crippen molar-refractivity contribution in [2.75, 3.05) is 26.2 Å². The summed E-state index contributed by atoms with van der Waals surface area (Å²) < 4.78 is 12.4. The van der Waals surface area contributed by atoms with Crippen molar-refractivity contribution in [1.29, 1.82) is 0 Å². The average Bonchev–Trinajstić information content (AvgIpc) is 3.18. The van der Waals surface area contributed by atoms with Gasteiger partial charge in [0.15, 0.2) is 11.5 Å². The molecule has 0 unspecified atom stereocenters. The lowest BCUT2D eigenvalue weighted by atomic mass is 10.0. The topological polar surface area (TPSA) is 56.6 Å². The summed E-state index contributed by atoms with van der Waals surface area (Å²) in [6, 6.07) is 12.7. The molecule has 0 aliphatic rings. The van der Waals surface area contributed by atoms with Gasteiger partial charge in [0.2, 0.25) is 0 Å². The zero-order valence-corrected chi connectivity index (χ0v) is 17.9. The second-order valence-electron chi connectivity index (χ2n) is 6.89. The minimum atomic E-state index is -0.152. The Labute approximate surface area is 175 Å². The molecule has 0 fully saturated rings. The zero-order valence-electron chi connectivity index (χ0n) is 17.1. The number of aromatic nitrogens is 2. The first-order valence-corrected chi connectivity index (χ1v) is 9.59. The number of rotatable bonds is 6. The number of anilines is 1. The molecule has 0 saturated carbocycles. The van der Waals surface area contributed by atoms with Crippen molar-refractivity contribution in [3.63, 3.8) is 0 Å². The van der Waals surface area contributed by atoms with Crippen molar-refractivity contribution in [3.05, 3.63) is 64.9 Å². The van der Waals surface area contributed by atoms with E-state index in [0.717, 1.165) is 11.4 Å². The highest BCUT2D eigenvalue weighted by Crippen LogP contribution is 2.32. The van der Waals surface area contributed by atoms with Crippen molar-refractivity contribution in [2.45, 2.75) is 19.8 Å². The van der Waals surface area contributed by atoms with E-state index >= 15 is 0 Å². The van der Waals surface area contributed by atoms with Crippen molar-refractivity contribution >= 4 is 23.2 Å². The molecule has 0 radical (unpaired) electrons. The van der Waals surface area contributed by atoms with E-state index in [2.05, 4.69) is 5.10 Å². The Hall–Kier alpha value is -2.99. The van der Waals surface area contributed by atoms with Crippen molar-refractivity contribution in [1.82, 2.24) is 9.78 Å². The lowest BCUT2D eigenvalue weighted by Crippen LogP contribution is -2.27. The molecule has 3 aromatic rings. The van der Waals surface area contributed by atoms with Gasteiger partial charge in [0.05, 0.1) is 37.4 Å². The van der Waals surface area contributed by atoms with Crippen molar-refractivity contribution < 1.29 is 14.3 Å². The van der Waals surface area contributed by atoms with E-state index in [0.29, 0.717) is 27.8 Å². The molecular formula is C22H24ClN3O3. The van der Waals surface area contributed by atoms with Gasteiger partial charge in [-0.1, -0.05) is 25.4 Å². The maximum absolute atomic E-state index is 13.3. The van der Waals surface area contributed by atoms with Crippen LogP contribution < -0.4 is 14.4 Å². The highest BCUT2D eigenvalue weighted by molar-refractivity contribution is 6.30. The van der Waals surface area contributed by atoms with E-state index in [1.165, 1.54) is 0 Å². The highest BCUT2D eigenvalue weighted by Gasteiger charge is 2.24. The van der Waals surface area contributed by atoms with Crippen LogP contribution in [0.2, 0.25) is 5.02 Å². The Morgan fingerprint density at radius 2 is 1.72 bits per heavy atom. The summed E-state index contributed by atoms with van der Waals surface area (Å²) in [5.41, 5.74) is 2.93. The van der Waals surface area contributed by atoms with E-state index in [-0.39, 0.29) is 11.8 Å². The molecule has 7 heteroatoms. The molecule has 0 atom stereocenters. The number of nitrogens with zero attached hydrogens (tertiary/aromatic N) is 3. The fraction of sp³-hybridized carbons (Fsp3) is 0.273. The summed E-state index contributed by atoms with van der Waals surface area (Å²) in [6.07, 6.45) is 1.61. The lowest BCUT2D eigenvalue weighted by Gasteiger charge is -2.20. The van der Waals surface area contributed by atoms with Crippen LogP contribution in [0.1, 0.15) is 35.8 Å². The van der Waals surface area contributed by atoms with Gasteiger partial charge in [0, 0.05) is 23.8 Å². The third-order valence-corrected chi connectivity index (χ3v) is 4.97. The summed E-state index contributed by atoms with van der Waals surface area (Å²) in [5.74, 6) is 1.10. The second-order valence-corrected chi connectivity index (χ2v) is 7.33. The number of hydrogen-bond acceptors (Lipinski definition) is 4. The number of methoxy groups -OCH3 is 2. The third-order valence-electron chi connectivity index (χ3n) is 4.71. The van der Waals surface area contributed by atoms with Gasteiger partial charge < -0.3 is 14.4 Å². The Morgan fingerprint density at radius 3 is 2.31 bits per heavy atom. The fourth-order valence-corrected chi connectivity index (χ4v) is 3.32. The zero-order chi connectivity index (χ0) is 21.1. The van der Waals surface area contributed by atoms with E-state index in [1.807, 2.05) is 32.0 Å². The van der Waals surface area contributed by atoms with Crippen LogP contribution in [0.5, 0.6) is 11.5 Å². The maximum Gasteiger partial charge on any atom is 0.261 e. The average molecular weight is 414 g/mol. The van der Waals surface area contributed by atoms with Gasteiger partial charge in [-0.3, -0.25) is 4.79 Å². The van der Waals surface area contributed by atoms with Crippen LogP contribution in [0, 0.1) is 0 Å². The van der Waals surface area contributed by atoms with Crippen LogP contribution in [-0.2, 0) is 0 Å². The largest absolute Gasteiger partial charge is 0.493 e. The third kappa shape index (κ3) is 4.07. The number of carbonyl (C=O) groups excluding carboxylic acids is 1. The first-order valence-electron chi connectivity index (χ1n) is 9.21. The van der Waals surface area contributed by atoms with Crippen LogP contribution in [0.15, 0.2) is 48.7 Å². The number of benzene rings is 2. The number of halogens is 1. The summed E-state index contributed by atoms with van der Waals surface area (Å²) in [7, 11) is 4.87. The molecule has 0 saturated heterocycles. The van der Waals surface area contributed by atoms with Crippen LogP contribution in [0.25, 0.3) is 5.69 Å². The summed E-state index contributed by atoms with van der Waals surface area (Å²) in [4.78, 5) is 14.9. The lowest BCUT2D eigenvalue weighted by molar-refractivity contribution is 0.0991. The molecule has 152 valence electrons. The van der Waals surface area contributed by atoms with Crippen molar-refractivity contribution in [2.24, 2.45) is 0 Å². The predicted molar refractivity (Wildman–Crippen MR) is 115 cm³/mol. The van der Waals surface area contributed by atoms with Crippen molar-refractivity contribution in [3.8, 4) is 17.2 Å². The van der Waals surface area contributed by atoms with Gasteiger partial charge in [0.25, 0.3) is 5.91 Å². The van der Waals surface area contributed by atoms with Crippen LogP contribution >= 0.6 is 11.6 Å². The Balaban J connectivity index is 2.00. The molecule has 0 N–H and O–H groups in total. The van der Waals surface area contributed by atoms with E-state index < -0.39 is 0 Å². The molecule has 2 aromatic carbocycles. The first-order chi connectivity index (χ1) is 13.9. The second kappa shape index (κ2) is 8.57. The molecular weight excluding hydrogens is 390 g/mol. The van der Waals surface area contributed by atoms with Gasteiger partial charge in [-0.05, 0) is 42.3 Å². The quantitative estimate of drug-likeness (QED) is 0.574. The molecule has 0 spiro atoms. The number of hydrogen-bond donors (Lipinski definition) is 0. The molecule has 1 aromatic heterocycles. The van der Waals surface area contributed by atoms with Gasteiger partial charge in [-0.2, -0.15) is 5.10 Å². The predicted octanol–water partition coefficient (Wildman–Crippen LogP) is 4.94. The summed E-state index contributed by atoms with van der Waals surface area (Å²) in [6.45, 7) is 4.08. The van der Waals surface area contributed by atoms with Gasteiger partial charge in [-0.15, -0.1) is 0 Å². The minimum Gasteiger partial charge on any atom is -0.493 e. The van der Waals surface area contributed by atoms with E-state index in [4.69, 9.17) is 21.1 Å². The molecule has 6 nitrogen and oxygen atoms in total. The smallest absolute Gasteiger partial charge is 0.261 e. The highest BCUT2D eigenvalue weighted by atomic mass is 35.5. The Bertz CT molecular complexity index is 1010. The minimum absolute atomic E-state index is 0.0888. The first kappa shape index (κ1) is 20.7. The normalized spacial score (nSPS) is 10.9. The molecule has 29 heavy (non-hydrogen) atoms. The van der Waals surface area contributed by atoms with Crippen LogP contribution in [-0.4, -0.2) is 37.0 Å². The van der Waals surface area contributed by atoms with Gasteiger partial charge in [0.1, 0.15) is 0 Å². The van der Waals surface area contributed by atoms with Crippen LogP contribution in [0.3, 0.4) is 0 Å². The fourth-order valence-electron chi connectivity index (χ4n) is 3.20. The van der Waals surface area contributed by atoms with Gasteiger partial charge >= 0.3 is 0 Å². The monoisotopic (exact) mass is 413 g/mol. The molecule has 0 aliphatic heterocycles. The van der Waals surface area contributed by atoms with E-state index in [9.17, 15) is 4.79 Å². The SMILES string of the molecule is COc1ccc(N(C)C(=O)c2cnn(-c3ccc(Cl)cc3)c2C(C)C)cc1OC. The standard InChI is InChI=1S/C22H24ClN3O3/c1-14(2)21-18(13-24-26(21)16-8-6-15(23)7-9-16)22(27)25(3)17-10-11-19(28-4)20(12-17)29-5/h6-14H,1-5H3. The number of ether oxygens (including phenoxy) is 2. The molecule has 0 aliphatic carbocycles. The van der Waals surface area contributed by atoms with E-state index in [1.54, 1.807) is 61.3 Å².